The number of H-pyrrole nitrogens is 1. The summed E-state index contributed by atoms with van der Waals surface area (Å²) >= 11 is 6.37. The first-order chi connectivity index (χ1) is 16.5. The number of nitrogens with one attached hydrogen (secondary N) is 4. The monoisotopic (exact) mass is 481 g/mol. The van der Waals surface area contributed by atoms with Gasteiger partial charge in [-0.1, -0.05) is 17.7 Å². The molecule has 178 valence electrons. The van der Waals surface area contributed by atoms with Crippen LogP contribution in [0.5, 0.6) is 11.5 Å². The number of ether oxygens (including phenoxy) is 2. The van der Waals surface area contributed by atoms with E-state index in [0.29, 0.717) is 46.6 Å². The maximum atomic E-state index is 13.4. The number of aromatic amines is 1. The molecule has 9 heteroatoms. The second-order valence-electron chi connectivity index (χ2n) is 8.76. The van der Waals surface area contributed by atoms with Crippen molar-refractivity contribution >= 4 is 28.9 Å². The molecule has 0 radical (unpaired) electrons. The fourth-order valence-electron chi connectivity index (χ4n) is 4.77. The number of hydrogen-bond acceptors (Lipinski definition) is 6. The Hall–Kier alpha value is -3.23. The number of pyridine rings is 1. The summed E-state index contributed by atoms with van der Waals surface area (Å²) in [6.45, 7) is 1.19. The van der Waals surface area contributed by atoms with Gasteiger partial charge in [-0.2, -0.15) is 0 Å². The molecule has 3 heterocycles. The number of halogens is 1. The van der Waals surface area contributed by atoms with Crippen LogP contribution in [0.1, 0.15) is 35.3 Å². The lowest BCUT2D eigenvalue weighted by Crippen LogP contribution is -2.57. The van der Waals surface area contributed by atoms with Crippen molar-refractivity contribution in [3.05, 3.63) is 52.9 Å². The van der Waals surface area contributed by atoms with E-state index in [1.807, 2.05) is 25.2 Å². The van der Waals surface area contributed by atoms with Gasteiger partial charge in [0.2, 0.25) is 0 Å². The number of amides is 1. The van der Waals surface area contributed by atoms with Crippen LogP contribution in [0.4, 0.5) is 11.4 Å². The molecule has 2 aliphatic rings. The van der Waals surface area contributed by atoms with Crippen LogP contribution < -0.4 is 25.4 Å². The minimum atomic E-state index is -0.151. The largest absolute Gasteiger partial charge is 0.493 e. The Morgan fingerprint density at radius 3 is 2.85 bits per heavy atom. The van der Waals surface area contributed by atoms with Gasteiger partial charge in [0.05, 0.1) is 41.0 Å². The predicted molar refractivity (Wildman–Crippen MR) is 132 cm³/mol. The number of hydrogen-bond donors (Lipinski definition) is 4. The molecule has 1 aliphatic heterocycles. The van der Waals surface area contributed by atoms with Gasteiger partial charge in [0, 0.05) is 36.0 Å². The topological polar surface area (TPSA) is 100 Å². The lowest BCUT2D eigenvalue weighted by atomic mass is 9.71. The highest BCUT2D eigenvalue weighted by Crippen LogP contribution is 2.46. The number of methoxy groups -OCH3 is 1. The number of anilines is 2. The number of fused-ring (bicyclic) bond motifs is 1. The number of aromatic nitrogens is 2. The molecule has 0 bridgehead atoms. The maximum Gasteiger partial charge on any atom is 0.255 e. The van der Waals surface area contributed by atoms with Crippen LogP contribution in [0.2, 0.25) is 5.02 Å². The van der Waals surface area contributed by atoms with Crippen molar-refractivity contribution in [2.75, 3.05) is 32.6 Å². The number of benzene rings is 1. The quantitative estimate of drug-likeness (QED) is 0.358. The zero-order chi connectivity index (χ0) is 23.7. The molecule has 1 aliphatic carbocycles. The summed E-state index contributed by atoms with van der Waals surface area (Å²) in [6.07, 6.45) is 7.29. The number of nitrogens with zero attached hydrogens (tertiary/aromatic N) is 1. The number of para-hydroxylation sites is 1. The molecule has 34 heavy (non-hydrogen) atoms. The van der Waals surface area contributed by atoms with Crippen LogP contribution in [0.25, 0.3) is 11.3 Å². The zero-order valence-corrected chi connectivity index (χ0v) is 20.0. The normalized spacial score (nSPS) is 15.9. The lowest BCUT2D eigenvalue weighted by molar-refractivity contribution is 0.0795. The first kappa shape index (κ1) is 22.6. The van der Waals surface area contributed by atoms with Crippen LogP contribution in [0, 0.1) is 0 Å². The third-order valence-corrected chi connectivity index (χ3v) is 6.90. The predicted octanol–water partition coefficient (Wildman–Crippen LogP) is 4.29. The summed E-state index contributed by atoms with van der Waals surface area (Å²) in [6, 6.07) is 7.37. The van der Waals surface area contributed by atoms with E-state index in [1.54, 1.807) is 25.6 Å². The highest BCUT2D eigenvalue weighted by Gasteiger charge is 2.45. The van der Waals surface area contributed by atoms with Crippen molar-refractivity contribution in [1.29, 1.82) is 0 Å². The first-order valence-corrected chi connectivity index (χ1v) is 11.8. The van der Waals surface area contributed by atoms with E-state index in [0.717, 1.165) is 42.6 Å². The third kappa shape index (κ3) is 3.97. The molecule has 4 N–H and O–H groups in total. The maximum absolute atomic E-state index is 13.4. The smallest absolute Gasteiger partial charge is 0.255 e. The summed E-state index contributed by atoms with van der Waals surface area (Å²) in [5, 5.41) is 10.3. The molecular formula is C25H28ClN5O3. The number of carbonyl (C=O) groups excluding carboxylic acids is 1. The van der Waals surface area contributed by atoms with Crippen molar-refractivity contribution in [1.82, 2.24) is 20.6 Å². The van der Waals surface area contributed by atoms with E-state index in [9.17, 15) is 4.79 Å². The van der Waals surface area contributed by atoms with Crippen molar-refractivity contribution in [2.24, 2.45) is 0 Å². The molecule has 1 amide bonds. The molecular weight excluding hydrogens is 454 g/mol. The lowest BCUT2D eigenvalue weighted by Gasteiger charge is -2.45. The molecule has 1 spiro atoms. The van der Waals surface area contributed by atoms with Crippen LogP contribution >= 0.6 is 11.6 Å². The van der Waals surface area contributed by atoms with Crippen molar-refractivity contribution in [2.45, 2.75) is 31.2 Å². The molecule has 2 aromatic heterocycles. The van der Waals surface area contributed by atoms with Gasteiger partial charge in [0.15, 0.2) is 5.75 Å². The van der Waals surface area contributed by atoms with Crippen molar-refractivity contribution < 1.29 is 14.3 Å². The van der Waals surface area contributed by atoms with E-state index >= 15 is 0 Å². The van der Waals surface area contributed by atoms with Gasteiger partial charge in [-0.05, 0) is 44.5 Å². The molecule has 1 fully saturated rings. The van der Waals surface area contributed by atoms with Gasteiger partial charge in [-0.25, -0.2) is 0 Å². The van der Waals surface area contributed by atoms with Crippen LogP contribution in [-0.4, -0.2) is 48.7 Å². The molecule has 0 atom stereocenters. The van der Waals surface area contributed by atoms with Gasteiger partial charge in [0.25, 0.3) is 5.91 Å². The molecule has 0 saturated heterocycles. The van der Waals surface area contributed by atoms with E-state index in [4.69, 9.17) is 21.1 Å². The number of likely N-dealkylation sites (N-methyl/N-ethyl adjacent to an activating group) is 1. The van der Waals surface area contributed by atoms with E-state index in [2.05, 4.69) is 25.9 Å². The Kier molecular flexibility index (Phi) is 6.10. The Bertz CT molecular complexity index is 1220. The Morgan fingerprint density at radius 1 is 1.26 bits per heavy atom. The summed E-state index contributed by atoms with van der Waals surface area (Å²) in [4.78, 5) is 21.2. The Morgan fingerprint density at radius 2 is 2.12 bits per heavy atom. The number of rotatable bonds is 8. The molecule has 3 aromatic rings. The van der Waals surface area contributed by atoms with Crippen LogP contribution in [0.15, 0.2) is 36.7 Å². The highest BCUT2D eigenvalue weighted by molar-refractivity contribution is 6.32. The zero-order valence-electron chi connectivity index (χ0n) is 19.3. The van der Waals surface area contributed by atoms with E-state index < -0.39 is 0 Å². The van der Waals surface area contributed by atoms with Crippen molar-refractivity contribution in [3.8, 4) is 22.8 Å². The first-order valence-electron chi connectivity index (χ1n) is 11.4. The van der Waals surface area contributed by atoms with Crippen molar-refractivity contribution in [3.63, 3.8) is 0 Å². The summed E-state index contributed by atoms with van der Waals surface area (Å²) in [7, 11) is 3.45. The van der Waals surface area contributed by atoms with E-state index in [1.165, 1.54) is 0 Å². The fourth-order valence-corrected chi connectivity index (χ4v) is 5.02. The average molecular weight is 482 g/mol. The second kappa shape index (κ2) is 9.19. The second-order valence-corrected chi connectivity index (χ2v) is 9.17. The van der Waals surface area contributed by atoms with E-state index in [-0.39, 0.29) is 11.4 Å². The van der Waals surface area contributed by atoms with Gasteiger partial charge >= 0.3 is 0 Å². The van der Waals surface area contributed by atoms with Gasteiger partial charge in [0.1, 0.15) is 12.4 Å². The number of carbonyl (C=O) groups is 1. The molecule has 0 unspecified atom stereocenters. The average Bonchev–Trinajstić information content (AvgIpc) is 3.17. The highest BCUT2D eigenvalue weighted by atomic mass is 35.5. The minimum Gasteiger partial charge on any atom is -0.493 e. The summed E-state index contributed by atoms with van der Waals surface area (Å²) in [5.41, 5.74) is 4.28. The SMILES string of the molecule is CNCCOc1cnccc1-c1[nH]c2c(c1Nc1cccc(Cl)c1OC)C(=O)NC1(CCC1)C2. The van der Waals surface area contributed by atoms with Crippen LogP contribution in [-0.2, 0) is 6.42 Å². The Balaban J connectivity index is 1.64. The minimum absolute atomic E-state index is 0.0846. The Labute approximate surface area is 203 Å². The molecule has 1 saturated carbocycles. The standard InChI is InChI=1S/C25H28ClN5O3/c1-27-11-12-34-19-14-28-10-7-15(19)21-22(29-17-6-3-5-16(26)23(17)33-2)20-18(30-21)13-25(8-4-9-25)31-24(20)32/h3,5-7,10,14,27,29-30H,4,8-9,11-13H2,1-2H3,(H,31,32). The van der Waals surface area contributed by atoms with Gasteiger partial charge in [-0.15, -0.1) is 0 Å². The van der Waals surface area contributed by atoms with Gasteiger partial charge < -0.3 is 30.4 Å². The molecule has 8 nitrogen and oxygen atoms in total. The molecule has 5 rings (SSSR count). The third-order valence-electron chi connectivity index (χ3n) is 6.60. The fraction of sp³-hybridized carbons (Fsp3) is 0.360. The van der Waals surface area contributed by atoms with Crippen LogP contribution in [0.3, 0.4) is 0 Å². The molecule has 1 aromatic carbocycles. The summed E-state index contributed by atoms with van der Waals surface area (Å²) < 4.78 is 11.6. The van der Waals surface area contributed by atoms with Gasteiger partial charge in [-0.3, -0.25) is 9.78 Å². The summed E-state index contributed by atoms with van der Waals surface area (Å²) in [5.74, 6) is 1.06.